The minimum Gasteiger partial charge on any atom is -0.341 e. The minimum atomic E-state index is -0.409. The van der Waals surface area contributed by atoms with Crippen molar-refractivity contribution in [3.05, 3.63) is 69.9 Å². The van der Waals surface area contributed by atoms with Crippen LogP contribution in [0.5, 0.6) is 0 Å². The Balaban J connectivity index is 2.03. The van der Waals surface area contributed by atoms with Crippen molar-refractivity contribution in [1.29, 1.82) is 0 Å². The summed E-state index contributed by atoms with van der Waals surface area (Å²) in [7, 11) is 1.72. The number of amides is 1. The number of carbonyl (C=O) groups is 1. The molecule has 0 bridgehead atoms. The monoisotopic (exact) mass is 335 g/mol. The summed E-state index contributed by atoms with van der Waals surface area (Å²) in [4.78, 5) is 13.9. The standard InChI is InChI=1S/C16H15BrFNO/c1-19(10-9-12-5-3-2-4-6-12)16(20)14-11-13(18)7-8-15(14)17/h2-8,11H,9-10H2,1H3. The van der Waals surface area contributed by atoms with Crippen LogP contribution in [0.15, 0.2) is 53.0 Å². The molecule has 2 aromatic rings. The lowest BCUT2D eigenvalue weighted by Gasteiger charge is -2.18. The number of hydrogen-bond donors (Lipinski definition) is 0. The molecule has 0 saturated heterocycles. The van der Waals surface area contributed by atoms with E-state index < -0.39 is 5.82 Å². The first-order chi connectivity index (χ1) is 9.58. The maximum Gasteiger partial charge on any atom is 0.254 e. The number of rotatable bonds is 4. The zero-order valence-corrected chi connectivity index (χ0v) is 12.7. The van der Waals surface area contributed by atoms with Crippen molar-refractivity contribution in [2.75, 3.05) is 13.6 Å². The van der Waals surface area contributed by atoms with Crippen LogP contribution in [0.25, 0.3) is 0 Å². The van der Waals surface area contributed by atoms with Crippen LogP contribution in [0.3, 0.4) is 0 Å². The van der Waals surface area contributed by atoms with E-state index in [1.165, 1.54) is 17.7 Å². The summed E-state index contributed by atoms with van der Waals surface area (Å²) in [6.45, 7) is 0.589. The van der Waals surface area contributed by atoms with Gasteiger partial charge in [-0.25, -0.2) is 4.39 Å². The molecular formula is C16H15BrFNO. The molecule has 0 atom stereocenters. The lowest BCUT2D eigenvalue weighted by Crippen LogP contribution is -2.29. The zero-order chi connectivity index (χ0) is 14.5. The van der Waals surface area contributed by atoms with Crippen molar-refractivity contribution < 1.29 is 9.18 Å². The molecule has 1 amide bonds. The Labute approximate surface area is 126 Å². The summed E-state index contributed by atoms with van der Waals surface area (Å²) in [5, 5.41) is 0. The van der Waals surface area contributed by atoms with Crippen LogP contribution in [0.1, 0.15) is 15.9 Å². The fourth-order valence-corrected chi connectivity index (χ4v) is 2.33. The van der Waals surface area contributed by atoms with E-state index in [1.54, 1.807) is 18.0 Å². The normalized spacial score (nSPS) is 10.3. The summed E-state index contributed by atoms with van der Waals surface area (Å²) in [6, 6.07) is 14.1. The second kappa shape index (κ2) is 6.66. The maximum atomic E-state index is 13.2. The van der Waals surface area contributed by atoms with Crippen molar-refractivity contribution in [3.63, 3.8) is 0 Å². The molecule has 0 N–H and O–H groups in total. The number of carbonyl (C=O) groups excluding carboxylic acids is 1. The van der Waals surface area contributed by atoms with Gasteiger partial charge in [-0.05, 0) is 46.1 Å². The van der Waals surface area contributed by atoms with Crippen molar-refractivity contribution in [2.24, 2.45) is 0 Å². The van der Waals surface area contributed by atoms with Crippen molar-refractivity contribution in [1.82, 2.24) is 4.90 Å². The molecule has 2 aromatic carbocycles. The molecule has 0 fully saturated rings. The first-order valence-corrected chi connectivity index (χ1v) is 7.11. The average molecular weight is 336 g/mol. The highest BCUT2D eigenvalue weighted by Crippen LogP contribution is 2.19. The summed E-state index contributed by atoms with van der Waals surface area (Å²) in [6.07, 6.45) is 0.774. The van der Waals surface area contributed by atoms with Crippen LogP contribution < -0.4 is 0 Å². The van der Waals surface area contributed by atoms with Gasteiger partial charge < -0.3 is 4.90 Å². The lowest BCUT2D eigenvalue weighted by atomic mass is 10.1. The molecule has 0 heterocycles. The number of likely N-dealkylation sites (N-methyl/N-ethyl adjacent to an activating group) is 1. The second-order valence-electron chi connectivity index (χ2n) is 4.59. The smallest absolute Gasteiger partial charge is 0.254 e. The molecule has 0 aliphatic carbocycles. The quantitative estimate of drug-likeness (QED) is 0.829. The average Bonchev–Trinajstić information content (AvgIpc) is 2.47. The van der Waals surface area contributed by atoms with Gasteiger partial charge in [0.15, 0.2) is 0 Å². The van der Waals surface area contributed by atoms with E-state index in [-0.39, 0.29) is 5.91 Å². The minimum absolute atomic E-state index is 0.188. The van der Waals surface area contributed by atoms with Crippen LogP contribution in [-0.2, 0) is 6.42 Å². The van der Waals surface area contributed by atoms with E-state index >= 15 is 0 Å². The highest BCUT2D eigenvalue weighted by atomic mass is 79.9. The van der Waals surface area contributed by atoms with Gasteiger partial charge in [0.25, 0.3) is 5.91 Å². The zero-order valence-electron chi connectivity index (χ0n) is 11.1. The van der Waals surface area contributed by atoms with Gasteiger partial charge in [-0.1, -0.05) is 30.3 Å². The summed E-state index contributed by atoms with van der Waals surface area (Å²) >= 11 is 3.28. The van der Waals surface area contributed by atoms with Crippen molar-refractivity contribution >= 4 is 21.8 Å². The molecule has 2 nitrogen and oxygen atoms in total. The largest absolute Gasteiger partial charge is 0.341 e. The Morgan fingerprint density at radius 2 is 1.90 bits per heavy atom. The van der Waals surface area contributed by atoms with Gasteiger partial charge in [0, 0.05) is 18.1 Å². The van der Waals surface area contributed by atoms with E-state index in [1.807, 2.05) is 30.3 Å². The van der Waals surface area contributed by atoms with Gasteiger partial charge in [-0.15, -0.1) is 0 Å². The van der Waals surface area contributed by atoms with Gasteiger partial charge in [0.2, 0.25) is 0 Å². The second-order valence-corrected chi connectivity index (χ2v) is 5.44. The van der Waals surface area contributed by atoms with Crippen LogP contribution >= 0.6 is 15.9 Å². The fourth-order valence-electron chi connectivity index (χ4n) is 1.91. The molecule has 0 aliphatic rings. The predicted molar refractivity (Wildman–Crippen MR) is 81.2 cm³/mol. The van der Waals surface area contributed by atoms with Gasteiger partial charge in [0.05, 0.1) is 5.56 Å². The first-order valence-electron chi connectivity index (χ1n) is 6.32. The summed E-state index contributed by atoms with van der Waals surface area (Å²) in [5.74, 6) is -0.597. The van der Waals surface area contributed by atoms with Crippen molar-refractivity contribution in [3.8, 4) is 0 Å². The van der Waals surface area contributed by atoms with E-state index in [0.717, 1.165) is 6.42 Å². The molecule has 4 heteroatoms. The third-order valence-electron chi connectivity index (χ3n) is 3.08. The van der Waals surface area contributed by atoms with Gasteiger partial charge in [-0.2, -0.15) is 0 Å². The van der Waals surface area contributed by atoms with E-state index in [2.05, 4.69) is 15.9 Å². The van der Waals surface area contributed by atoms with E-state index in [9.17, 15) is 9.18 Å². The van der Waals surface area contributed by atoms with Crippen molar-refractivity contribution in [2.45, 2.75) is 6.42 Å². The van der Waals surface area contributed by atoms with E-state index in [4.69, 9.17) is 0 Å². The third kappa shape index (κ3) is 3.67. The molecule has 0 spiro atoms. The Morgan fingerprint density at radius 1 is 1.20 bits per heavy atom. The first kappa shape index (κ1) is 14.7. The molecule has 0 unspecified atom stereocenters. The molecule has 2 rings (SSSR count). The number of halogens is 2. The Morgan fingerprint density at radius 3 is 2.60 bits per heavy atom. The third-order valence-corrected chi connectivity index (χ3v) is 3.78. The van der Waals surface area contributed by atoms with Crippen LogP contribution in [0.4, 0.5) is 4.39 Å². The molecule has 20 heavy (non-hydrogen) atoms. The Bertz CT molecular complexity index is 601. The van der Waals surface area contributed by atoms with Gasteiger partial charge in [0.1, 0.15) is 5.82 Å². The van der Waals surface area contributed by atoms with Crippen LogP contribution in [0.2, 0.25) is 0 Å². The lowest BCUT2D eigenvalue weighted by molar-refractivity contribution is 0.0795. The van der Waals surface area contributed by atoms with Crippen LogP contribution in [0, 0.1) is 5.82 Å². The van der Waals surface area contributed by atoms with Gasteiger partial charge >= 0.3 is 0 Å². The highest BCUT2D eigenvalue weighted by molar-refractivity contribution is 9.10. The predicted octanol–water partition coefficient (Wildman–Crippen LogP) is 3.90. The molecule has 0 radical (unpaired) electrons. The SMILES string of the molecule is CN(CCc1ccccc1)C(=O)c1cc(F)ccc1Br. The summed E-state index contributed by atoms with van der Waals surface area (Å²) < 4.78 is 13.8. The molecule has 0 saturated carbocycles. The maximum absolute atomic E-state index is 13.2. The Hall–Kier alpha value is -1.68. The summed E-state index contributed by atoms with van der Waals surface area (Å²) in [5.41, 5.74) is 1.52. The van der Waals surface area contributed by atoms with Gasteiger partial charge in [-0.3, -0.25) is 4.79 Å². The van der Waals surface area contributed by atoms with E-state index in [0.29, 0.717) is 16.6 Å². The topological polar surface area (TPSA) is 20.3 Å². The molecule has 0 aromatic heterocycles. The molecule has 104 valence electrons. The number of nitrogens with zero attached hydrogens (tertiary/aromatic N) is 1. The highest BCUT2D eigenvalue weighted by Gasteiger charge is 2.15. The number of hydrogen-bond acceptors (Lipinski definition) is 1. The fraction of sp³-hybridized carbons (Fsp3) is 0.188. The molecule has 0 aliphatic heterocycles. The Kier molecular flexibility index (Phi) is 4.90. The van der Waals surface area contributed by atoms with Crippen LogP contribution in [-0.4, -0.2) is 24.4 Å². The number of benzene rings is 2. The molecular weight excluding hydrogens is 321 g/mol.